The van der Waals surface area contributed by atoms with Gasteiger partial charge in [0.25, 0.3) is 0 Å². The van der Waals surface area contributed by atoms with Crippen LogP contribution in [0.2, 0.25) is 0 Å². The molecule has 1 aliphatic carbocycles. The lowest BCUT2D eigenvalue weighted by molar-refractivity contribution is 0.168. The zero-order valence-corrected chi connectivity index (χ0v) is 11.0. The first-order valence-corrected chi connectivity index (χ1v) is 7.27. The monoisotopic (exact) mass is 242 g/mol. The number of hydrogen-bond acceptors (Lipinski definition) is 2. The Balaban J connectivity index is 1.76. The molecule has 4 atom stereocenters. The first kappa shape index (κ1) is 11.3. The molecular formula is C13H23ClN2. The maximum Gasteiger partial charge on any atom is 0.0340 e. The zero-order valence-electron chi connectivity index (χ0n) is 10.2. The van der Waals surface area contributed by atoms with Crippen LogP contribution < -0.4 is 5.32 Å². The van der Waals surface area contributed by atoms with Crippen molar-refractivity contribution in [3.63, 3.8) is 0 Å². The van der Waals surface area contributed by atoms with E-state index in [0.717, 1.165) is 12.0 Å². The predicted octanol–water partition coefficient (Wildman–Crippen LogP) is 2.08. The number of hydrogen-bond donors (Lipinski definition) is 1. The Bertz CT molecular complexity index is 267. The van der Waals surface area contributed by atoms with E-state index in [9.17, 15) is 0 Å². The Kier molecular flexibility index (Phi) is 2.93. The molecule has 1 spiro atoms. The van der Waals surface area contributed by atoms with Crippen molar-refractivity contribution in [2.24, 2.45) is 11.3 Å². The highest BCUT2D eigenvalue weighted by molar-refractivity contribution is 6.20. The molecule has 3 fully saturated rings. The van der Waals surface area contributed by atoms with Crippen molar-refractivity contribution in [3.8, 4) is 0 Å². The van der Waals surface area contributed by atoms with Gasteiger partial charge in [-0.2, -0.15) is 0 Å². The van der Waals surface area contributed by atoms with E-state index >= 15 is 0 Å². The van der Waals surface area contributed by atoms with E-state index in [4.69, 9.17) is 11.6 Å². The van der Waals surface area contributed by atoms with Crippen LogP contribution in [0, 0.1) is 11.3 Å². The SMILES string of the molecule is CCN1CCC2(CNC3CCC(Cl)CC32)C1. The van der Waals surface area contributed by atoms with Crippen molar-refractivity contribution in [2.75, 3.05) is 26.2 Å². The predicted molar refractivity (Wildman–Crippen MR) is 67.9 cm³/mol. The van der Waals surface area contributed by atoms with Gasteiger partial charge in [0, 0.05) is 29.9 Å². The summed E-state index contributed by atoms with van der Waals surface area (Å²) in [6.45, 7) is 7.34. The second-order valence-corrected chi connectivity index (χ2v) is 6.60. The smallest absolute Gasteiger partial charge is 0.0340 e. The maximum absolute atomic E-state index is 6.37. The molecule has 0 radical (unpaired) electrons. The van der Waals surface area contributed by atoms with Crippen LogP contribution in [0.15, 0.2) is 0 Å². The van der Waals surface area contributed by atoms with E-state index in [1.807, 2.05) is 0 Å². The van der Waals surface area contributed by atoms with Gasteiger partial charge in [-0.05, 0) is 44.7 Å². The highest BCUT2D eigenvalue weighted by Gasteiger charge is 2.52. The fraction of sp³-hybridized carbons (Fsp3) is 1.00. The summed E-state index contributed by atoms with van der Waals surface area (Å²) in [5.41, 5.74) is 0.564. The van der Waals surface area contributed by atoms with Gasteiger partial charge >= 0.3 is 0 Å². The van der Waals surface area contributed by atoms with Gasteiger partial charge in [0.05, 0.1) is 0 Å². The van der Waals surface area contributed by atoms with E-state index in [-0.39, 0.29) is 0 Å². The van der Waals surface area contributed by atoms with Crippen LogP contribution in [0.5, 0.6) is 0 Å². The minimum atomic E-state index is 0.439. The van der Waals surface area contributed by atoms with Crippen LogP contribution in [-0.4, -0.2) is 42.5 Å². The molecule has 1 N–H and O–H groups in total. The Morgan fingerprint density at radius 1 is 1.44 bits per heavy atom. The lowest BCUT2D eigenvalue weighted by atomic mass is 9.69. The first-order chi connectivity index (χ1) is 7.73. The molecule has 92 valence electrons. The van der Waals surface area contributed by atoms with Gasteiger partial charge in [0.1, 0.15) is 0 Å². The van der Waals surface area contributed by atoms with E-state index in [1.54, 1.807) is 0 Å². The first-order valence-electron chi connectivity index (χ1n) is 6.83. The lowest BCUT2D eigenvalue weighted by Crippen LogP contribution is -2.39. The van der Waals surface area contributed by atoms with Gasteiger partial charge in [0.15, 0.2) is 0 Å². The molecule has 0 amide bonds. The molecule has 4 unspecified atom stereocenters. The van der Waals surface area contributed by atoms with Gasteiger partial charge in [-0.25, -0.2) is 0 Å². The number of nitrogens with zero attached hydrogens (tertiary/aromatic N) is 1. The van der Waals surface area contributed by atoms with Crippen molar-refractivity contribution in [1.82, 2.24) is 10.2 Å². The molecule has 1 saturated carbocycles. The second kappa shape index (κ2) is 4.15. The third-order valence-corrected chi connectivity index (χ3v) is 5.60. The highest BCUT2D eigenvalue weighted by Crippen LogP contribution is 2.49. The quantitative estimate of drug-likeness (QED) is 0.709. The average Bonchev–Trinajstić information content (AvgIpc) is 2.86. The summed E-state index contributed by atoms with van der Waals surface area (Å²) in [4.78, 5) is 2.61. The molecule has 2 saturated heterocycles. The van der Waals surface area contributed by atoms with Crippen molar-refractivity contribution < 1.29 is 0 Å². The average molecular weight is 243 g/mol. The van der Waals surface area contributed by atoms with E-state index in [0.29, 0.717) is 10.8 Å². The number of fused-ring (bicyclic) bond motifs is 2. The number of nitrogens with one attached hydrogen (secondary N) is 1. The van der Waals surface area contributed by atoms with E-state index < -0.39 is 0 Å². The normalized spacial score (nSPS) is 48.8. The summed E-state index contributed by atoms with van der Waals surface area (Å²) in [6.07, 6.45) is 5.14. The maximum atomic E-state index is 6.37. The number of likely N-dealkylation sites (tertiary alicyclic amines) is 1. The molecule has 0 aromatic rings. The van der Waals surface area contributed by atoms with E-state index in [1.165, 1.54) is 51.9 Å². The number of halogens is 1. The standard InChI is InChI=1S/C13H23ClN2/c1-2-16-6-5-13(9-16)8-15-12-4-3-10(14)7-11(12)13/h10-12,15H,2-9H2,1H3. The van der Waals surface area contributed by atoms with Gasteiger partial charge in [-0.1, -0.05) is 6.92 Å². The third-order valence-electron chi connectivity index (χ3n) is 5.20. The second-order valence-electron chi connectivity index (χ2n) is 5.99. The van der Waals surface area contributed by atoms with Crippen LogP contribution in [0.3, 0.4) is 0 Å². The summed E-state index contributed by atoms with van der Waals surface area (Å²) < 4.78 is 0. The molecule has 16 heavy (non-hydrogen) atoms. The van der Waals surface area contributed by atoms with Gasteiger partial charge in [-0.15, -0.1) is 11.6 Å². The van der Waals surface area contributed by atoms with Gasteiger partial charge in [-0.3, -0.25) is 0 Å². The van der Waals surface area contributed by atoms with Crippen molar-refractivity contribution in [1.29, 1.82) is 0 Å². The molecule has 0 aromatic carbocycles. The van der Waals surface area contributed by atoms with Crippen molar-refractivity contribution >= 4 is 11.6 Å². The van der Waals surface area contributed by atoms with Crippen LogP contribution in [0.1, 0.15) is 32.6 Å². The van der Waals surface area contributed by atoms with Crippen molar-refractivity contribution in [2.45, 2.75) is 44.0 Å². The molecular weight excluding hydrogens is 220 g/mol. The molecule has 3 rings (SSSR count). The number of rotatable bonds is 1. The van der Waals surface area contributed by atoms with E-state index in [2.05, 4.69) is 17.1 Å². The molecule has 0 aromatic heterocycles. The summed E-state index contributed by atoms with van der Waals surface area (Å²) in [6, 6.07) is 0.770. The molecule has 0 bridgehead atoms. The summed E-state index contributed by atoms with van der Waals surface area (Å²) in [7, 11) is 0. The zero-order chi connectivity index (χ0) is 11.2. The van der Waals surface area contributed by atoms with Gasteiger partial charge in [0.2, 0.25) is 0 Å². The van der Waals surface area contributed by atoms with Gasteiger partial charge < -0.3 is 10.2 Å². The fourth-order valence-corrected chi connectivity index (χ4v) is 4.52. The van der Waals surface area contributed by atoms with Crippen LogP contribution in [0.25, 0.3) is 0 Å². The number of alkyl halides is 1. The Morgan fingerprint density at radius 2 is 2.31 bits per heavy atom. The van der Waals surface area contributed by atoms with Crippen LogP contribution in [0.4, 0.5) is 0 Å². The fourth-order valence-electron chi connectivity index (χ4n) is 4.21. The minimum absolute atomic E-state index is 0.439. The molecule has 2 heterocycles. The Labute approximate surface area is 104 Å². The largest absolute Gasteiger partial charge is 0.313 e. The highest BCUT2D eigenvalue weighted by atomic mass is 35.5. The molecule has 3 heteroatoms. The summed E-state index contributed by atoms with van der Waals surface area (Å²) in [5.74, 6) is 0.847. The molecule has 2 nitrogen and oxygen atoms in total. The molecule has 2 aliphatic heterocycles. The van der Waals surface area contributed by atoms with Crippen LogP contribution >= 0.6 is 11.6 Å². The summed E-state index contributed by atoms with van der Waals surface area (Å²) in [5, 5.41) is 4.21. The Morgan fingerprint density at radius 3 is 3.06 bits per heavy atom. The topological polar surface area (TPSA) is 15.3 Å². The molecule has 3 aliphatic rings. The Hall–Kier alpha value is 0.210. The van der Waals surface area contributed by atoms with Crippen LogP contribution in [-0.2, 0) is 0 Å². The summed E-state index contributed by atoms with van der Waals surface area (Å²) >= 11 is 6.37. The minimum Gasteiger partial charge on any atom is -0.313 e. The third kappa shape index (κ3) is 1.70. The van der Waals surface area contributed by atoms with Crippen molar-refractivity contribution in [3.05, 3.63) is 0 Å². The lowest BCUT2D eigenvalue weighted by Gasteiger charge is -2.37.